The molecule has 3 aliphatic rings. The van der Waals surface area contributed by atoms with E-state index in [4.69, 9.17) is 14.2 Å². The molecule has 4 heteroatoms. The van der Waals surface area contributed by atoms with E-state index in [0.29, 0.717) is 25.0 Å². The van der Waals surface area contributed by atoms with Crippen molar-refractivity contribution in [3.63, 3.8) is 0 Å². The third-order valence-electron chi connectivity index (χ3n) is 5.82. The highest BCUT2D eigenvalue weighted by Crippen LogP contribution is 2.61. The lowest BCUT2D eigenvalue weighted by Gasteiger charge is -2.41. The highest BCUT2D eigenvalue weighted by molar-refractivity contribution is 5.78. The van der Waals surface area contributed by atoms with Gasteiger partial charge in [-0.3, -0.25) is 4.79 Å². The van der Waals surface area contributed by atoms with Crippen molar-refractivity contribution in [2.24, 2.45) is 17.3 Å². The number of hydrogen-bond donors (Lipinski definition) is 0. The van der Waals surface area contributed by atoms with Gasteiger partial charge in [-0.2, -0.15) is 0 Å². The van der Waals surface area contributed by atoms with E-state index in [0.717, 1.165) is 38.5 Å². The number of carbonyl (C=O) groups excluding carboxylic acids is 1. The van der Waals surface area contributed by atoms with Gasteiger partial charge < -0.3 is 14.2 Å². The monoisotopic (exact) mass is 306 g/mol. The van der Waals surface area contributed by atoms with Crippen LogP contribution < -0.4 is 0 Å². The van der Waals surface area contributed by atoms with Crippen molar-refractivity contribution in [2.75, 3.05) is 20.3 Å². The van der Waals surface area contributed by atoms with Crippen LogP contribution in [0, 0.1) is 17.3 Å². The average Bonchev–Trinajstić information content (AvgIpc) is 3.12. The molecule has 122 valence electrons. The Labute approximate surface area is 132 Å². The highest BCUT2D eigenvalue weighted by Gasteiger charge is 2.63. The summed E-state index contributed by atoms with van der Waals surface area (Å²) in [6.07, 6.45) is 11.3. The molecule has 4 nitrogen and oxygen atoms in total. The van der Waals surface area contributed by atoms with Crippen LogP contribution in [0.2, 0.25) is 0 Å². The molecule has 0 radical (unpaired) electrons. The fourth-order valence-electron chi connectivity index (χ4n) is 4.79. The Morgan fingerprint density at radius 2 is 2.14 bits per heavy atom. The van der Waals surface area contributed by atoms with Crippen molar-refractivity contribution in [1.29, 1.82) is 0 Å². The van der Waals surface area contributed by atoms with E-state index in [1.165, 1.54) is 7.11 Å². The number of allylic oxidation sites excluding steroid dienone is 3. The van der Waals surface area contributed by atoms with Crippen LogP contribution in [0.3, 0.4) is 0 Å². The summed E-state index contributed by atoms with van der Waals surface area (Å²) >= 11 is 0. The minimum Gasteiger partial charge on any atom is -0.469 e. The lowest BCUT2D eigenvalue weighted by atomic mass is 9.69. The molecule has 3 rings (SSSR count). The maximum atomic E-state index is 12.5. The molecule has 1 aliphatic heterocycles. The van der Waals surface area contributed by atoms with E-state index < -0.39 is 5.79 Å². The summed E-state index contributed by atoms with van der Waals surface area (Å²) in [5, 5.41) is 0. The van der Waals surface area contributed by atoms with Crippen LogP contribution in [-0.4, -0.2) is 32.1 Å². The van der Waals surface area contributed by atoms with Gasteiger partial charge in [0.1, 0.15) is 0 Å². The van der Waals surface area contributed by atoms with Gasteiger partial charge >= 0.3 is 5.97 Å². The van der Waals surface area contributed by atoms with Crippen molar-refractivity contribution in [3.05, 3.63) is 24.8 Å². The molecule has 0 unspecified atom stereocenters. The van der Waals surface area contributed by atoms with Gasteiger partial charge in [0, 0.05) is 12.3 Å². The Morgan fingerprint density at radius 3 is 2.82 bits per heavy atom. The topological polar surface area (TPSA) is 44.8 Å². The Kier molecular flexibility index (Phi) is 4.42. The Balaban J connectivity index is 1.78. The first-order valence-electron chi connectivity index (χ1n) is 8.31. The SMILES string of the molecule is C=C/C=C/CC[C@H]1C[C@@H]2C[C@@]1(C(=O)OC)CCC21OCCO1. The van der Waals surface area contributed by atoms with Gasteiger partial charge in [0.15, 0.2) is 5.79 Å². The zero-order valence-corrected chi connectivity index (χ0v) is 13.4. The van der Waals surface area contributed by atoms with Gasteiger partial charge in [-0.05, 0) is 38.0 Å². The number of esters is 1. The molecule has 0 amide bonds. The van der Waals surface area contributed by atoms with Crippen molar-refractivity contribution in [1.82, 2.24) is 0 Å². The van der Waals surface area contributed by atoms with Crippen LogP contribution in [0.1, 0.15) is 38.5 Å². The molecule has 0 N–H and O–H groups in total. The number of methoxy groups -OCH3 is 1. The molecule has 1 saturated heterocycles. The second kappa shape index (κ2) is 6.17. The molecule has 0 aromatic rings. The number of rotatable bonds is 5. The van der Waals surface area contributed by atoms with Gasteiger partial charge in [0.05, 0.1) is 25.7 Å². The number of hydrogen-bond acceptors (Lipinski definition) is 4. The van der Waals surface area contributed by atoms with E-state index in [2.05, 4.69) is 12.7 Å². The first-order valence-corrected chi connectivity index (χ1v) is 8.31. The zero-order valence-electron chi connectivity index (χ0n) is 13.4. The van der Waals surface area contributed by atoms with Crippen LogP contribution in [0.4, 0.5) is 0 Å². The van der Waals surface area contributed by atoms with Gasteiger partial charge in [0.25, 0.3) is 0 Å². The van der Waals surface area contributed by atoms with Crippen LogP contribution >= 0.6 is 0 Å². The fourth-order valence-corrected chi connectivity index (χ4v) is 4.79. The van der Waals surface area contributed by atoms with Crippen molar-refractivity contribution < 1.29 is 19.0 Å². The molecule has 2 aliphatic carbocycles. The second-order valence-electron chi connectivity index (χ2n) is 6.73. The Hall–Kier alpha value is -1.13. The van der Waals surface area contributed by atoms with Gasteiger partial charge in [-0.25, -0.2) is 0 Å². The van der Waals surface area contributed by atoms with Crippen molar-refractivity contribution >= 4 is 5.97 Å². The molecular weight excluding hydrogens is 280 g/mol. The third-order valence-corrected chi connectivity index (χ3v) is 5.82. The average molecular weight is 306 g/mol. The van der Waals surface area contributed by atoms with E-state index >= 15 is 0 Å². The van der Waals surface area contributed by atoms with Crippen molar-refractivity contribution in [3.8, 4) is 0 Å². The first-order chi connectivity index (χ1) is 10.7. The van der Waals surface area contributed by atoms with E-state index in [9.17, 15) is 4.79 Å². The van der Waals surface area contributed by atoms with E-state index in [1.54, 1.807) is 6.08 Å². The summed E-state index contributed by atoms with van der Waals surface area (Å²) < 4.78 is 17.1. The highest BCUT2D eigenvalue weighted by atomic mass is 16.7. The molecule has 2 bridgehead atoms. The normalized spacial score (nSPS) is 36.0. The summed E-state index contributed by atoms with van der Waals surface area (Å²) in [5.41, 5.74) is -0.331. The first kappa shape index (κ1) is 15.8. The lowest BCUT2D eigenvalue weighted by molar-refractivity contribution is -0.217. The molecular formula is C18H26O4. The Bertz CT molecular complexity index is 464. The molecule has 3 atom stereocenters. The maximum absolute atomic E-state index is 12.5. The molecule has 3 fully saturated rings. The van der Waals surface area contributed by atoms with Crippen LogP contribution in [0.15, 0.2) is 24.8 Å². The lowest BCUT2D eigenvalue weighted by Crippen LogP contribution is -2.46. The van der Waals surface area contributed by atoms with Crippen LogP contribution in [-0.2, 0) is 19.0 Å². The Morgan fingerprint density at radius 1 is 1.36 bits per heavy atom. The maximum Gasteiger partial charge on any atom is 0.312 e. The number of carbonyl (C=O) groups is 1. The quantitative estimate of drug-likeness (QED) is 0.578. The minimum atomic E-state index is -0.427. The molecule has 1 heterocycles. The second-order valence-corrected chi connectivity index (χ2v) is 6.73. The smallest absolute Gasteiger partial charge is 0.312 e. The van der Waals surface area contributed by atoms with Crippen LogP contribution in [0.25, 0.3) is 0 Å². The standard InChI is InChI=1S/C18H26O4/c1-3-4-5-6-7-14-12-15-13-17(14,16(19)20-2)8-9-18(15)21-10-11-22-18/h3-5,14-15H,1,6-13H2,2H3/b5-4+/t14-,15+,17-/m0/s1. The zero-order chi connectivity index (χ0) is 15.6. The van der Waals surface area contributed by atoms with Crippen LogP contribution in [0.5, 0.6) is 0 Å². The third kappa shape index (κ3) is 2.42. The summed E-state index contributed by atoms with van der Waals surface area (Å²) in [6.45, 7) is 5.04. The van der Waals surface area contributed by atoms with E-state index in [1.807, 2.05) is 6.08 Å². The summed E-state index contributed by atoms with van der Waals surface area (Å²) in [7, 11) is 1.51. The van der Waals surface area contributed by atoms with Gasteiger partial charge in [0.2, 0.25) is 0 Å². The number of ether oxygens (including phenoxy) is 3. The number of fused-ring (bicyclic) bond motifs is 3. The minimum absolute atomic E-state index is 0.0412. The van der Waals surface area contributed by atoms with E-state index in [-0.39, 0.29) is 11.4 Å². The molecule has 1 spiro atoms. The van der Waals surface area contributed by atoms with Gasteiger partial charge in [-0.15, -0.1) is 0 Å². The molecule has 0 aromatic carbocycles. The van der Waals surface area contributed by atoms with Crippen molar-refractivity contribution in [2.45, 2.75) is 44.3 Å². The molecule has 2 saturated carbocycles. The summed E-state index contributed by atoms with van der Waals surface area (Å²) in [4.78, 5) is 12.5. The van der Waals surface area contributed by atoms with Gasteiger partial charge in [-0.1, -0.05) is 24.8 Å². The predicted octanol–water partition coefficient (Wildman–Crippen LogP) is 3.23. The summed E-state index contributed by atoms with van der Waals surface area (Å²) in [5.74, 6) is 0.201. The fraction of sp³-hybridized carbons (Fsp3) is 0.722. The predicted molar refractivity (Wildman–Crippen MR) is 83.1 cm³/mol. The summed E-state index contributed by atoms with van der Waals surface area (Å²) in [6, 6.07) is 0. The molecule has 0 aromatic heterocycles. The largest absolute Gasteiger partial charge is 0.469 e. The molecule has 22 heavy (non-hydrogen) atoms.